The highest BCUT2D eigenvalue weighted by Crippen LogP contribution is 2.38. The fourth-order valence-corrected chi connectivity index (χ4v) is 3.52. The summed E-state index contributed by atoms with van der Waals surface area (Å²) in [5.74, 6) is -0.231. The normalized spacial score (nSPS) is 14.9. The summed E-state index contributed by atoms with van der Waals surface area (Å²) in [6, 6.07) is 14.0. The van der Waals surface area contributed by atoms with Crippen molar-refractivity contribution in [3.8, 4) is 5.88 Å². The summed E-state index contributed by atoms with van der Waals surface area (Å²) in [5, 5.41) is 3.42. The average Bonchev–Trinajstić information content (AvgIpc) is 3.07. The molecule has 0 saturated heterocycles. The summed E-state index contributed by atoms with van der Waals surface area (Å²) in [5.41, 5.74) is 1.45. The third-order valence-corrected chi connectivity index (χ3v) is 5.05. The molecule has 1 aliphatic rings. The summed E-state index contributed by atoms with van der Waals surface area (Å²) in [7, 11) is 1.51. The van der Waals surface area contributed by atoms with Crippen LogP contribution in [0.1, 0.15) is 41.9 Å². The van der Waals surface area contributed by atoms with Crippen LogP contribution in [-0.2, 0) is 14.3 Å². The molecule has 0 fully saturated rings. The van der Waals surface area contributed by atoms with Gasteiger partial charge in [-0.15, -0.1) is 0 Å². The number of anilines is 1. The van der Waals surface area contributed by atoms with Gasteiger partial charge in [0, 0.05) is 42.5 Å². The average molecular weight is 434 g/mol. The minimum atomic E-state index is -0.942. The number of rotatable bonds is 7. The Hall–Kier alpha value is -4.01. The zero-order valence-electron chi connectivity index (χ0n) is 17.7. The largest absolute Gasteiger partial charge is 0.481 e. The topological polar surface area (TPSA) is 111 Å². The second kappa shape index (κ2) is 9.01. The number of aromatic nitrogens is 2. The Morgan fingerprint density at radius 3 is 2.66 bits per heavy atom. The summed E-state index contributed by atoms with van der Waals surface area (Å²) >= 11 is 0. The van der Waals surface area contributed by atoms with Gasteiger partial charge in [-0.05, 0) is 30.7 Å². The van der Waals surface area contributed by atoms with Crippen LogP contribution in [0.25, 0.3) is 11.0 Å². The molecule has 0 radical (unpaired) electrons. The molecule has 2 aromatic heterocycles. The molecular weight excluding hydrogens is 412 g/mol. The first kappa shape index (κ1) is 21.2. The molecule has 1 aromatic carbocycles. The molecule has 0 aliphatic carbocycles. The molecule has 1 unspecified atom stereocenters. The zero-order chi connectivity index (χ0) is 22.7. The van der Waals surface area contributed by atoms with Crippen molar-refractivity contribution >= 4 is 34.6 Å². The number of nitrogens with zero attached hydrogens (tertiary/aromatic N) is 3. The number of hydrogen-bond donors (Lipinski definition) is 1. The van der Waals surface area contributed by atoms with E-state index in [0.29, 0.717) is 41.4 Å². The maximum Gasteiger partial charge on any atom is 0.308 e. The van der Waals surface area contributed by atoms with E-state index in [1.54, 1.807) is 42.5 Å². The summed E-state index contributed by atoms with van der Waals surface area (Å²) in [6.07, 6.45) is -0.411. The maximum atomic E-state index is 13.2. The lowest BCUT2D eigenvalue weighted by Gasteiger charge is -2.24. The van der Waals surface area contributed by atoms with E-state index in [1.165, 1.54) is 18.9 Å². The minimum Gasteiger partial charge on any atom is -0.481 e. The molecule has 0 spiro atoms. The van der Waals surface area contributed by atoms with Gasteiger partial charge in [-0.3, -0.25) is 19.3 Å². The predicted octanol–water partition coefficient (Wildman–Crippen LogP) is 2.76. The quantitative estimate of drug-likeness (QED) is 0.450. The Balaban J connectivity index is 1.62. The van der Waals surface area contributed by atoms with Crippen molar-refractivity contribution in [2.45, 2.75) is 26.0 Å². The van der Waals surface area contributed by atoms with Crippen molar-refractivity contribution in [2.75, 3.05) is 18.6 Å². The number of nitrogens with one attached hydrogen (secondary N) is 1. The summed E-state index contributed by atoms with van der Waals surface area (Å²) in [4.78, 5) is 46.9. The first-order valence-electron chi connectivity index (χ1n) is 10.2. The van der Waals surface area contributed by atoms with Crippen LogP contribution in [-0.4, -0.2) is 41.4 Å². The molecular formula is C23H22N4O5. The molecule has 9 nitrogen and oxygen atoms in total. The number of ether oxygens (including phenoxy) is 2. The van der Waals surface area contributed by atoms with Gasteiger partial charge in [0.05, 0.1) is 7.11 Å². The van der Waals surface area contributed by atoms with E-state index in [-0.39, 0.29) is 18.2 Å². The molecule has 1 atom stereocenters. The number of amides is 2. The van der Waals surface area contributed by atoms with Gasteiger partial charge < -0.3 is 14.8 Å². The standard InChI is InChI=1S/C23H22N4O5/c1-14(28)24-13-5-8-20(29)32-23-17-7-4-3-6-16(17)22(30)27(23)18-11-9-15-10-12-19(31-2)26-21(15)25-18/h3-4,6-7,9-12,23H,5,8,13H2,1-2H3,(H,24,28). The molecule has 1 N–H and O–H groups in total. The van der Waals surface area contributed by atoms with Crippen LogP contribution in [0.15, 0.2) is 48.5 Å². The van der Waals surface area contributed by atoms with Gasteiger partial charge in [0.2, 0.25) is 18.0 Å². The lowest BCUT2D eigenvalue weighted by Crippen LogP contribution is -2.31. The number of fused-ring (bicyclic) bond motifs is 2. The number of hydrogen-bond acceptors (Lipinski definition) is 7. The van der Waals surface area contributed by atoms with Gasteiger partial charge in [-0.1, -0.05) is 18.2 Å². The number of pyridine rings is 2. The second-order valence-electron chi connectivity index (χ2n) is 7.26. The molecule has 0 saturated carbocycles. The zero-order valence-corrected chi connectivity index (χ0v) is 17.7. The van der Waals surface area contributed by atoms with Crippen LogP contribution in [0.3, 0.4) is 0 Å². The molecule has 9 heteroatoms. The van der Waals surface area contributed by atoms with Crippen molar-refractivity contribution in [3.63, 3.8) is 0 Å². The Labute approximate surface area is 184 Å². The van der Waals surface area contributed by atoms with Crippen molar-refractivity contribution in [1.29, 1.82) is 0 Å². The highest BCUT2D eigenvalue weighted by atomic mass is 16.6. The number of carbonyl (C=O) groups is 3. The number of carbonyl (C=O) groups excluding carboxylic acids is 3. The SMILES string of the molecule is COc1ccc2ccc(N3C(=O)c4ccccc4C3OC(=O)CCCNC(C)=O)nc2n1. The first-order valence-corrected chi connectivity index (χ1v) is 10.2. The Bertz CT molecular complexity index is 1200. The van der Waals surface area contributed by atoms with Crippen LogP contribution in [0, 0.1) is 0 Å². The molecule has 1 aliphatic heterocycles. The van der Waals surface area contributed by atoms with E-state index in [2.05, 4.69) is 15.3 Å². The van der Waals surface area contributed by atoms with Gasteiger partial charge in [0.1, 0.15) is 5.82 Å². The maximum absolute atomic E-state index is 13.2. The second-order valence-corrected chi connectivity index (χ2v) is 7.26. The van der Waals surface area contributed by atoms with E-state index in [0.717, 1.165) is 5.39 Å². The van der Waals surface area contributed by atoms with Crippen LogP contribution in [0.5, 0.6) is 5.88 Å². The van der Waals surface area contributed by atoms with Crippen LogP contribution < -0.4 is 15.0 Å². The van der Waals surface area contributed by atoms with Gasteiger partial charge in [0.25, 0.3) is 5.91 Å². The number of methoxy groups -OCH3 is 1. The van der Waals surface area contributed by atoms with E-state index in [9.17, 15) is 14.4 Å². The van der Waals surface area contributed by atoms with Crippen LogP contribution >= 0.6 is 0 Å². The first-order chi connectivity index (χ1) is 15.5. The van der Waals surface area contributed by atoms with Crippen molar-refractivity contribution in [3.05, 3.63) is 59.7 Å². The molecule has 4 rings (SSSR count). The van der Waals surface area contributed by atoms with E-state index in [4.69, 9.17) is 9.47 Å². The lowest BCUT2D eigenvalue weighted by molar-refractivity contribution is -0.149. The highest BCUT2D eigenvalue weighted by molar-refractivity contribution is 6.10. The van der Waals surface area contributed by atoms with E-state index >= 15 is 0 Å². The predicted molar refractivity (Wildman–Crippen MR) is 116 cm³/mol. The van der Waals surface area contributed by atoms with Crippen molar-refractivity contribution in [1.82, 2.24) is 15.3 Å². The molecule has 3 heterocycles. The highest BCUT2D eigenvalue weighted by Gasteiger charge is 2.40. The van der Waals surface area contributed by atoms with Gasteiger partial charge in [-0.2, -0.15) is 4.98 Å². The van der Waals surface area contributed by atoms with Gasteiger partial charge in [0.15, 0.2) is 5.65 Å². The molecule has 164 valence electrons. The Morgan fingerprint density at radius 1 is 1.09 bits per heavy atom. The third kappa shape index (κ3) is 4.22. The van der Waals surface area contributed by atoms with Gasteiger partial charge >= 0.3 is 5.97 Å². The van der Waals surface area contributed by atoms with Crippen molar-refractivity contribution < 1.29 is 23.9 Å². The van der Waals surface area contributed by atoms with Gasteiger partial charge in [-0.25, -0.2) is 4.98 Å². The molecule has 2 amide bonds. The number of benzene rings is 1. The Kier molecular flexibility index (Phi) is 5.98. The van der Waals surface area contributed by atoms with E-state index < -0.39 is 12.2 Å². The summed E-state index contributed by atoms with van der Waals surface area (Å²) < 4.78 is 10.9. The van der Waals surface area contributed by atoms with Crippen LogP contribution in [0.4, 0.5) is 5.82 Å². The molecule has 0 bridgehead atoms. The Morgan fingerprint density at radius 2 is 1.88 bits per heavy atom. The number of esters is 1. The minimum absolute atomic E-state index is 0.102. The smallest absolute Gasteiger partial charge is 0.308 e. The molecule has 32 heavy (non-hydrogen) atoms. The fraction of sp³-hybridized carbons (Fsp3) is 0.261. The van der Waals surface area contributed by atoms with E-state index in [1.807, 2.05) is 6.07 Å². The third-order valence-electron chi connectivity index (χ3n) is 5.05. The van der Waals surface area contributed by atoms with Crippen molar-refractivity contribution in [2.24, 2.45) is 0 Å². The lowest BCUT2D eigenvalue weighted by atomic mass is 10.1. The van der Waals surface area contributed by atoms with Crippen LogP contribution in [0.2, 0.25) is 0 Å². The molecule has 3 aromatic rings. The summed E-state index contributed by atoms with van der Waals surface area (Å²) in [6.45, 7) is 1.78. The fourth-order valence-electron chi connectivity index (χ4n) is 3.52. The monoisotopic (exact) mass is 434 g/mol.